The minimum atomic E-state index is -0.391. The van der Waals surface area contributed by atoms with Crippen molar-refractivity contribution in [2.24, 2.45) is 0 Å². The highest BCUT2D eigenvalue weighted by Crippen LogP contribution is 2.31. The van der Waals surface area contributed by atoms with E-state index in [2.05, 4.69) is 29.6 Å². The van der Waals surface area contributed by atoms with Crippen molar-refractivity contribution in [1.29, 1.82) is 0 Å². The second-order valence-corrected chi connectivity index (χ2v) is 7.26. The highest BCUT2D eigenvalue weighted by molar-refractivity contribution is 6.31. The predicted molar refractivity (Wildman–Crippen MR) is 120 cm³/mol. The van der Waals surface area contributed by atoms with E-state index >= 15 is 0 Å². The smallest absolute Gasteiger partial charge is 0.161 e. The third-order valence-corrected chi connectivity index (χ3v) is 5.29. The van der Waals surface area contributed by atoms with Gasteiger partial charge in [0.1, 0.15) is 12.4 Å². The van der Waals surface area contributed by atoms with Crippen LogP contribution in [0.25, 0.3) is 10.8 Å². The van der Waals surface area contributed by atoms with E-state index in [-0.39, 0.29) is 6.61 Å². The van der Waals surface area contributed by atoms with E-state index in [4.69, 9.17) is 21.1 Å². The quantitative estimate of drug-likeness (QED) is 0.354. The lowest BCUT2D eigenvalue weighted by Gasteiger charge is -2.14. The zero-order chi connectivity index (χ0) is 20.9. The van der Waals surface area contributed by atoms with Crippen LogP contribution in [0.15, 0.2) is 78.9 Å². The fourth-order valence-electron chi connectivity index (χ4n) is 3.34. The Kier molecular flexibility index (Phi) is 6.05. The Morgan fingerprint density at radius 2 is 1.70 bits per heavy atom. The Balaban J connectivity index is 1.48. The molecule has 0 aliphatic rings. The molecule has 5 heteroatoms. The molecule has 0 saturated heterocycles. The highest BCUT2D eigenvalue weighted by Gasteiger charge is 2.11. The first-order chi connectivity index (χ1) is 14.7. The van der Waals surface area contributed by atoms with Crippen LogP contribution in [-0.2, 0) is 13.2 Å². The third-order valence-electron chi connectivity index (χ3n) is 4.93. The molecular formula is C25H21ClFNO2. The van der Waals surface area contributed by atoms with Gasteiger partial charge in [0.05, 0.1) is 12.1 Å². The first kappa shape index (κ1) is 20.0. The number of halogens is 2. The molecule has 1 N–H and O–H groups in total. The van der Waals surface area contributed by atoms with Crippen molar-refractivity contribution in [2.75, 3.05) is 12.4 Å². The molecule has 0 unspecified atom stereocenters. The first-order valence-electron chi connectivity index (χ1n) is 9.60. The van der Waals surface area contributed by atoms with Crippen molar-refractivity contribution in [3.8, 4) is 11.5 Å². The third kappa shape index (κ3) is 4.34. The molecule has 0 aliphatic heterocycles. The summed E-state index contributed by atoms with van der Waals surface area (Å²) in [5, 5.41) is 6.19. The summed E-state index contributed by atoms with van der Waals surface area (Å²) in [4.78, 5) is 0. The molecule has 4 aromatic rings. The normalized spacial score (nSPS) is 10.8. The minimum absolute atomic E-state index is 0.0233. The van der Waals surface area contributed by atoms with Crippen LogP contribution in [0.3, 0.4) is 0 Å². The number of hydrogen-bond acceptors (Lipinski definition) is 3. The monoisotopic (exact) mass is 421 g/mol. The maximum absolute atomic E-state index is 14.0. The second kappa shape index (κ2) is 9.06. The molecule has 30 heavy (non-hydrogen) atoms. The number of anilines is 1. The zero-order valence-electron chi connectivity index (χ0n) is 16.5. The van der Waals surface area contributed by atoms with Gasteiger partial charge < -0.3 is 14.8 Å². The van der Waals surface area contributed by atoms with Crippen molar-refractivity contribution in [3.05, 3.63) is 101 Å². The van der Waals surface area contributed by atoms with E-state index < -0.39 is 5.82 Å². The van der Waals surface area contributed by atoms with Crippen LogP contribution in [0.2, 0.25) is 5.02 Å². The highest BCUT2D eigenvalue weighted by atomic mass is 35.5. The fraction of sp³-hybridized carbons (Fsp3) is 0.120. The SMILES string of the molecule is COc1cc(CNc2cccc3ccccc23)ccc1OCc1c(F)cccc1Cl. The summed E-state index contributed by atoms with van der Waals surface area (Å²) in [6, 6.07) is 24.7. The molecule has 0 amide bonds. The zero-order valence-corrected chi connectivity index (χ0v) is 17.2. The molecule has 0 aliphatic carbocycles. The fourth-order valence-corrected chi connectivity index (χ4v) is 3.56. The Morgan fingerprint density at radius 3 is 2.53 bits per heavy atom. The van der Waals surface area contributed by atoms with E-state index in [1.165, 1.54) is 16.8 Å². The average molecular weight is 422 g/mol. The number of methoxy groups -OCH3 is 1. The van der Waals surface area contributed by atoms with E-state index in [1.807, 2.05) is 36.4 Å². The maximum atomic E-state index is 14.0. The molecule has 3 nitrogen and oxygen atoms in total. The van der Waals surface area contributed by atoms with Gasteiger partial charge in [0, 0.05) is 23.2 Å². The van der Waals surface area contributed by atoms with Crippen molar-refractivity contribution in [1.82, 2.24) is 0 Å². The van der Waals surface area contributed by atoms with Crippen molar-refractivity contribution >= 4 is 28.1 Å². The number of nitrogens with one attached hydrogen (secondary N) is 1. The van der Waals surface area contributed by atoms with Crippen LogP contribution in [0.5, 0.6) is 11.5 Å². The van der Waals surface area contributed by atoms with Gasteiger partial charge in [0.2, 0.25) is 0 Å². The molecule has 0 fully saturated rings. The van der Waals surface area contributed by atoms with Gasteiger partial charge in [0.25, 0.3) is 0 Å². The molecule has 152 valence electrons. The largest absolute Gasteiger partial charge is 0.493 e. The predicted octanol–water partition coefficient (Wildman–Crippen LogP) is 6.83. The van der Waals surface area contributed by atoms with Crippen molar-refractivity contribution in [2.45, 2.75) is 13.2 Å². The summed E-state index contributed by atoms with van der Waals surface area (Å²) in [5.41, 5.74) is 2.43. The lowest BCUT2D eigenvalue weighted by Crippen LogP contribution is -2.03. The average Bonchev–Trinajstić information content (AvgIpc) is 2.77. The van der Waals surface area contributed by atoms with Crippen LogP contribution in [0.1, 0.15) is 11.1 Å². The standard InChI is InChI=1S/C25H21ClFNO2/c1-29-25-14-17(15-28-23-11-4-7-18-6-2-3-8-19(18)23)12-13-24(25)30-16-20-21(26)9-5-10-22(20)27/h2-14,28H,15-16H2,1H3. The molecule has 0 heterocycles. The molecule has 0 bridgehead atoms. The van der Waals surface area contributed by atoms with Crippen molar-refractivity contribution < 1.29 is 13.9 Å². The molecule has 0 atom stereocenters. The molecule has 0 spiro atoms. The number of hydrogen-bond donors (Lipinski definition) is 1. The second-order valence-electron chi connectivity index (χ2n) is 6.85. The van der Waals surface area contributed by atoms with E-state index in [9.17, 15) is 4.39 Å². The molecule has 4 rings (SSSR count). The van der Waals surface area contributed by atoms with E-state index in [0.717, 1.165) is 11.3 Å². The van der Waals surface area contributed by atoms with Crippen LogP contribution in [0.4, 0.5) is 10.1 Å². The van der Waals surface area contributed by atoms with Gasteiger partial charge in [-0.15, -0.1) is 0 Å². The number of fused-ring (bicyclic) bond motifs is 1. The van der Waals surface area contributed by atoms with Gasteiger partial charge in [-0.1, -0.05) is 60.1 Å². The first-order valence-corrected chi connectivity index (χ1v) is 9.98. The summed E-state index contributed by atoms with van der Waals surface area (Å²) in [5.74, 6) is 0.725. The molecular weight excluding hydrogens is 401 g/mol. The van der Waals surface area contributed by atoms with Gasteiger partial charge in [-0.05, 0) is 41.3 Å². The summed E-state index contributed by atoms with van der Waals surface area (Å²) in [7, 11) is 1.58. The lowest BCUT2D eigenvalue weighted by molar-refractivity contribution is 0.279. The van der Waals surface area contributed by atoms with Gasteiger partial charge >= 0.3 is 0 Å². The maximum Gasteiger partial charge on any atom is 0.161 e. The Bertz CT molecular complexity index is 1150. The topological polar surface area (TPSA) is 30.5 Å². The summed E-state index contributed by atoms with van der Waals surface area (Å²) in [6.07, 6.45) is 0. The Morgan fingerprint density at radius 1 is 0.900 bits per heavy atom. The van der Waals surface area contributed by atoms with Gasteiger partial charge in [-0.3, -0.25) is 0 Å². The number of ether oxygens (including phenoxy) is 2. The van der Waals surface area contributed by atoms with Crippen LogP contribution in [0, 0.1) is 5.82 Å². The van der Waals surface area contributed by atoms with Crippen LogP contribution >= 0.6 is 11.6 Å². The minimum Gasteiger partial charge on any atom is -0.493 e. The number of rotatable bonds is 7. The van der Waals surface area contributed by atoms with Gasteiger partial charge in [-0.25, -0.2) is 4.39 Å². The Hall–Kier alpha value is -3.24. The van der Waals surface area contributed by atoms with Crippen LogP contribution in [-0.4, -0.2) is 7.11 Å². The summed E-state index contributed by atoms with van der Waals surface area (Å²) < 4.78 is 25.2. The number of benzene rings is 4. The van der Waals surface area contributed by atoms with Crippen molar-refractivity contribution in [3.63, 3.8) is 0 Å². The summed E-state index contributed by atoms with van der Waals surface area (Å²) in [6.45, 7) is 0.652. The van der Waals surface area contributed by atoms with Gasteiger partial charge in [-0.2, -0.15) is 0 Å². The molecule has 0 saturated carbocycles. The van der Waals surface area contributed by atoms with E-state index in [1.54, 1.807) is 19.2 Å². The van der Waals surface area contributed by atoms with E-state index in [0.29, 0.717) is 28.6 Å². The van der Waals surface area contributed by atoms with Gasteiger partial charge in [0.15, 0.2) is 11.5 Å². The molecule has 0 radical (unpaired) electrons. The van der Waals surface area contributed by atoms with Crippen LogP contribution < -0.4 is 14.8 Å². The molecule has 4 aromatic carbocycles. The lowest BCUT2D eigenvalue weighted by atomic mass is 10.1. The Labute approximate surface area is 180 Å². The molecule has 0 aromatic heterocycles. The summed E-state index contributed by atoms with van der Waals surface area (Å²) >= 11 is 6.08.